The lowest BCUT2D eigenvalue weighted by atomic mass is 9.61. The highest BCUT2D eigenvalue weighted by Crippen LogP contribution is 2.57. The maximum absolute atomic E-state index is 14.1. The monoisotopic (exact) mass is 453 g/mol. The topological polar surface area (TPSA) is 54.5 Å². The van der Waals surface area contributed by atoms with Gasteiger partial charge in [0.1, 0.15) is 5.41 Å². The number of benzene rings is 4. The summed E-state index contributed by atoms with van der Waals surface area (Å²) in [7, 11) is -4.07. The molecule has 33 heavy (non-hydrogen) atoms. The molecule has 0 aromatic heterocycles. The molecule has 0 aliphatic carbocycles. The molecule has 0 N–H and O–H groups in total. The molecule has 4 nitrogen and oxygen atoms in total. The van der Waals surface area contributed by atoms with Crippen molar-refractivity contribution in [2.75, 3.05) is 0 Å². The van der Waals surface area contributed by atoms with Crippen molar-refractivity contribution >= 4 is 15.9 Å². The van der Waals surface area contributed by atoms with Gasteiger partial charge < -0.3 is 0 Å². The van der Waals surface area contributed by atoms with Crippen LogP contribution in [0.3, 0.4) is 0 Å². The van der Waals surface area contributed by atoms with Gasteiger partial charge in [0, 0.05) is 0 Å². The second-order valence-corrected chi connectivity index (χ2v) is 10.1. The van der Waals surface area contributed by atoms with E-state index in [9.17, 15) is 13.2 Å². The van der Waals surface area contributed by atoms with Crippen LogP contribution in [0.2, 0.25) is 0 Å². The third-order valence-corrected chi connectivity index (χ3v) is 8.10. The maximum atomic E-state index is 14.1. The number of carbonyl (C=O) groups excluding carboxylic acids is 1. The second-order valence-electron chi connectivity index (χ2n) is 8.27. The summed E-state index contributed by atoms with van der Waals surface area (Å²) in [5, 5.41) is 0. The molecule has 1 amide bonds. The first-order valence-corrected chi connectivity index (χ1v) is 12.2. The summed E-state index contributed by atoms with van der Waals surface area (Å²) in [6.07, 6.45) is 0. The Labute approximate surface area is 194 Å². The fraction of sp³-hybridized carbons (Fsp3) is 0.107. The zero-order valence-electron chi connectivity index (χ0n) is 18.1. The molecule has 0 saturated carbocycles. The van der Waals surface area contributed by atoms with E-state index in [2.05, 4.69) is 0 Å². The van der Waals surface area contributed by atoms with Crippen LogP contribution < -0.4 is 0 Å². The van der Waals surface area contributed by atoms with Crippen molar-refractivity contribution in [1.29, 1.82) is 0 Å². The van der Waals surface area contributed by atoms with Crippen molar-refractivity contribution < 1.29 is 13.2 Å². The SMILES string of the molecule is Cc1ccc(S(=O)(=O)N2C(=O)C(c3ccccc3)(c3ccccc3)C2c2ccccc2)cc1. The van der Waals surface area contributed by atoms with Crippen LogP contribution in [-0.2, 0) is 20.2 Å². The van der Waals surface area contributed by atoms with Crippen LogP contribution in [-0.4, -0.2) is 18.6 Å². The summed E-state index contributed by atoms with van der Waals surface area (Å²) >= 11 is 0. The lowest BCUT2D eigenvalue weighted by Gasteiger charge is -2.55. The molecule has 4 aromatic carbocycles. The zero-order chi connectivity index (χ0) is 23.1. The molecule has 1 heterocycles. The van der Waals surface area contributed by atoms with E-state index in [0.29, 0.717) is 0 Å². The van der Waals surface area contributed by atoms with Gasteiger partial charge in [-0.3, -0.25) is 4.79 Å². The molecule has 164 valence electrons. The number of carbonyl (C=O) groups is 1. The standard InChI is InChI=1S/C28H23NO3S/c1-21-17-19-25(20-18-21)33(31,32)29-26(22-11-5-2-6-12-22)28(27(29)30,23-13-7-3-8-14-23)24-15-9-4-10-16-24/h2-20,26H,1H3. The van der Waals surface area contributed by atoms with Crippen molar-refractivity contribution in [1.82, 2.24) is 4.31 Å². The average molecular weight is 454 g/mol. The first-order chi connectivity index (χ1) is 16.0. The minimum absolute atomic E-state index is 0.108. The fourth-order valence-corrected chi connectivity index (χ4v) is 6.37. The number of hydrogen-bond donors (Lipinski definition) is 0. The number of aryl methyl sites for hydroxylation is 1. The van der Waals surface area contributed by atoms with Gasteiger partial charge in [-0.1, -0.05) is 109 Å². The molecule has 1 unspecified atom stereocenters. The molecular weight excluding hydrogens is 430 g/mol. The van der Waals surface area contributed by atoms with Gasteiger partial charge in [-0.15, -0.1) is 0 Å². The Balaban J connectivity index is 1.77. The van der Waals surface area contributed by atoms with Crippen molar-refractivity contribution in [3.8, 4) is 0 Å². The third-order valence-electron chi connectivity index (χ3n) is 6.33. The largest absolute Gasteiger partial charge is 0.272 e. The molecule has 1 fully saturated rings. The van der Waals surface area contributed by atoms with E-state index in [1.165, 1.54) is 0 Å². The predicted octanol–water partition coefficient (Wildman–Crippen LogP) is 5.25. The Morgan fingerprint density at radius 3 is 1.61 bits per heavy atom. The van der Waals surface area contributed by atoms with Crippen molar-refractivity contribution in [3.63, 3.8) is 0 Å². The zero-order valence-corrected chi connectivity index (χ0v) is 18.9. The number of β-lactam (4-membered cyclic amide) rings is 1. The van der Waals surface area contributed by atoms with Crippen molar-refractivity contribution in [3.05, 3.63) is 138 Å². The minimum atomic E-state index is -4.07. The van der Waals surface area contributed by atoms with Crippen molar-refractivity contribution in [2.45, 2.75) is 23.3 Å². The Bertz CT molecular complexity index is 1340. The Morgan fingerprint density at radius 2 is 1.12 bits per heavy atom. The number of hydrogen-bond acceptors (Lipinski definition) is 3. The summed E-state index contributed by atoms with van der Waals surface area (Å²) in [4.78, 5) is 14.2. The van der Waals surface area contributed by atoms with Gasteiger partial charge in [0.15, 0.2) is 0 Å². The van der Waals surface area contributed by atoms with E-state index in [1.54, 1.807) is 24.3 Å². The lowest BCUT2D eigenvalue weighted by molar-refractivity contribution is -0.147. The summed E-state index contributed by atoms with van der Waals surface area (Å²) in [5.41, 5.74) is 2.10. The maximum Gasteiger partial charge on any atom is 0.267 e. The molecule has 1 saturated heterocycles. The third kappa shape index (κ3) is 3.19. The summed E-state index contributed by atoms with van der Waals surface area (Å²) < 4.78 is 28.6. The second kappa shape index (κ2) is 8.01. The minimum Gasteiger partial charge on any atom is -0.272 e. The van der Waals surface area contributed by atoms with E-state index in [0.717, 1.165) is 26.6 Å². The van der Waals surface area contributed by atoms with Gasteiger partial charge in [0.05, 0.1) is 10.9 Å². The number of sulfonamides is 1. The van der Waals surface area contributed by atoms with Gasteiger partial charge in [0.25, 0.3) is 15.9 Å². The van der Waals surface area contributed by atoms with Crippen LogP contribution in [0.25, 0.3) is 0 Å². The van der Waals surface area contributed by atoms with E-state index in [4.69, 9.17) is 0 Å². The van der Waals surface area contributed by atoms with E-state index in [-0.39, 0.29) is 4.90 Å². The van der Waals surface area contributed by atoms with Crippen LogP contribution in [0, 0.1) is 6.92 Å². The Hall–Kier alpha value is -3.70. The molecular formula is C28H23NO3S. The Morgan fingerprint density at radius 1 is 0.667 bits per heavy atom. The van der Waals surface area contributed by atoms with Gasteiger partial charge in [-0.2, -0.15) is 0 Å². The number of rotatable bonds is 5. The molecule has 0 spiro atoms. The van der Waals surface area contributed by atoms with Crippen LogP contribution in [0.1, 0.15) is 28.3 Å². The average Bonchev–Trinajstić information content (AvgIpc) is 2.85. The van der Waals surface area contributed by atoms with Gasteiger partial charge >= 0.3 is 0 Å². The molecule has 0 radical (unpaired) electrons. The van der Waals surface area contributed by atoms with Crippen LogP contribution >= 0.6 is 0 Å². The first-order valence-electron chi connectivity index (χ1n) is 10.8. The highest BCUT2D eigenvalue weighted by Gasteiger charge is 2.66. The van der Waals surface area contributed by atoms with Crippen molar-refractivity contribution in [2.24, 2.45) is 0 Å². The first kappa shape index (κ1) is 21.2. The smallest absolute Gasteiger partial charge is 0.267 e. The van der Waals surface area contributed by atoms with Crippen LogP contribution in [0.15, 0.2) is 120 Å². The van der Waals surface area contributed by atoms with Crippen LogP contribution in [0.5, 0.6) is 0 Å². The van der Waals surface area contributed by atoms with Crippen LogP contribution in [0.4, 0.5) is 0 Å². The van der Waals surface area contributed by atoms with E-state index >= 15 is 0 Å². The quantitative estimate of drug-likeness (QED) is 0.388. The number of nitrogens with zero attached hydrogens (tertiary/aromatic N) is 1. The molecule has 1 aliphatic heterocycles. The van der Waals surface area contributed by atoms with E-state index in [1.807, 2.05) is 97.9 Å². The van der Waals surface area contributed by atoms with Gasteiger partial charge in [-0.25, -0.2) is 12.7 Å². The molecule has 4 aromatic rings. The summed E-state index contributed by atoms with van der Waals surface area (Å²) in [6.45, 7) is 1.90. The summed E-state index contributed by atoms with van der Waals surface area (Å²) in [5.74, 6) is -0.450. The van der Waals surface area contributed by atoms with Gasteiger partial charge in [0.2, 0.25) is 0 Å². The van der Waals surface area contributed by atoms with E-state index < -0.39 is 27.4 Å². The molecule has 5 rings (SSSR count). The summed E-state index contributed by atoms with van der Waals surface area (Å²) in [6, 6.07) is 34.2. The highest BCUT2D eigenvalue weighted by molar-refractivity contribution is 7.89. The highest BCUT2D eigenvalue weighted by atomic mass is 32.2. The fourth-order valence-electron chi connectivity index (χ4n) is 4.74. The number of amides is 1. The lowest BCUT2D eigenvalue weighted by Crippen LogP contribution is -2.68. The molecule has 1 aliphatic rings. The molecule has 5 heteroatoms. The normalized spacial score (nSPS) is 17.4. The Kier molecular flexibility index (Phi) is 5.14. The molecule has 0 bridgehead atoms. The predicted molar refractivity (Wildman–Crippen MR) is 128 cm³/mol. The van der Waals surface area contributed by atoms with Gasteiger partial charge in [-0.05, 0) is 35.7 Å². The molecule has 1 atom stereocenters.